The predicted octanol–water partition coefficient (Wildman–Crippen LogP) is 2.96. The average molecular weight is 557 g/mol. The normalized spacial score (nSPS) is 32.8. The van der Waals surface area contributed by atoms with E-state index in [4.69, 9.17) is 16.3 Å². The van der Waals surface area contributed by atoms with Crippen molar-refractivity contribution in [3.8, 4) is 0 Å². The van der Waals surface area contributed by atoms with Gasteiger partial charge in [0.1, 0.15) is 29.9 Å². The van der Waals surface area contributed by atoms with E-state index >= 15 is 0 Å². The quantitative estimate of drug-likeness (QED) is 0.313. The number of benzene rings is 1. The third kappa shape index (κ3) is 8.07. The summed E-state index contributed by atoms with van der Waals surface area (Å²) in [5, 5.41) is 36.8. The molecule has 0 bridgehead atoms. The third-order valence-corrected chi connectivity index (χ3v) is 8.91. The molecule has 9 heteroatoms. The Balaban J connectivity index is 1.54. The van der Waals surface area contributed by atoms with Crippen LogP contribution in [0.4, 0.5) is 0 Å². The summed E-state index contributed by atoms with van der Waals surface area (Å²) in [7, 11) is 0. The Morgan fingerprint density at radius 1 is 1.14 bits per heavy atom. The first-order valence-corrected chi connectivity index (χ1v) is 15.1. The summed E-state index contributed by atoms with van der Waals surface area (Å²) in [5.41, 5.74) is 2.12. The van der Waals surface area contributed by atoms with Crippen molar-refractivity contribution in [3.63, 3.8) is 0 Å². The largest absolute Gasteiger partial charge is 0.388 e. The first kappa shape index (κ1) is 30.7. The summed E-state index contributed by atoms with van der Waals surface area (Å²) in [6.45, 7) is 9.15. The molecular formula is C28H45ClN2O5S. The molecule has 2 aliphatic rings. The van der Waals surface area contributed by atoms with Crippen LogP contribution in [0.15, 0.2) is 24.3 Å². The molecule has 2 aliphatic heterocycles. The number of ether oxygens (including phenoxy) is 1. The minimum Gasteiger partial charge on any atom is -0.388 e. The fraction of sp³-hybridized carbons (Fsp3) is 0.750. The molecule has 3 rings (SSSR count). The number of aliphatic hydroxyl groups excluding tert-OH is 3. The summed E-state index contributed by atoms with van der Waals surface area (Å²) < 4.78 is 5.87. The van der Waals surface area contributed by atoms with E-state index in [0.29, 0.717) is 12.3 Å². The number of alkyl halides is 1. The van der Waals surface area contributed by atoms with Gasteiger partial charge in [0.15, 0.2) is 0 Å². The highest BCUT2D eigenvalue weighted by Crippen LogP contribution is 2.31. The lowest BCUT2D eigenvalue weighted by molar-refractivity contribution is -0.205. The summed E-state index contributed by atoms with van der Waals surface area (Å²) in [6.07, 6.45) is 1.64. The Morgan fingerprint density at radius 3 is 2.41 bits per heavy atom. The molecule has 0 aliphatic carbocycles. The zero-order chi connectivity index (χ0) is 27.3. The fourth-order valence-corrected chi connectivity index (χ4v) is 6.14. The van der Waals surface area contributed by atoms with E-state index in [1.165, 1.54) is 22.9 Å². The lowest BCUT2D eigenvalue weighted by Crippen LogP contribution is -2.65. The van der Waals surface area contributed by atoms with Gasteiger partial charge >= 0.3 is 0 Å². The van der Waals surface area contributed by atoms with Crippen molar-refractivity contribution in [2.45, 2.75) is 113 Å². The topological polar surface area (TPSA) is 111 Å². The molecule has 7 nitrogen and oxygen atoms in total. The number of hydrogen-bond acceptors (Lipinski definition) is 7. The van der Waals surface area contributed by atoms with Crippen molar-refractivity contribution in [2.24, 2.45) is 5.92 Å². The number of nitrogens with one attached hydrogen (secondary N) is 2. The van der Waals surface area contributed by atoms with Crippen LogP contribution in [-0.2, 0) is 21.4 Å². The van der Waals surface area contributed by atoms with Gasteiger partial charge in [-0.15, -0.1) is 23.4 Å². The minimum absolute atomic E-state index is 0.153. The summed E-state index contributed by atoms with van der Waals surface area (Å²) in [6, 6.07) is 7.84. The molecule has 0 aromatic heterocycles. The van der Waals surface area contributed by atoms with Gasteiger partial charge in [0, 0.05) is 0 Å². The molecule has 0 saturated carbocycles. The highest BCUT2D eigenvalue weighted by molar-refractivity contribution is 7.99. The number of aliphatic hydroxyl groups is 3. The maximum Gasteiger partial charge on any atom is 0.237 e. The van der Waals surface area contributed by atoms with Crippen molar-refractivity contribution in [3.05, 3.63) is 35.4 Å². The van der Waals surface area contributed by atoms with Crippen LogP contribution in [-0.4, -0.2) is 81.3 Å². The molecule has 2 saturated heterocycles. The maximum absolute atomic E-state index is 13.2. The number of carbonyl (C=O) groups is 1. The zero-order valence-electron chi connectivity index (χ0n) is 22.7. The van der Waals surface area contributed by atoms with Gasteiger partial charge < -0.3 is 30.7 Å². The molecule has 1 aromatic carbocycles. The molecule has 3 unspecified atom stereocenters. The number of rotatable bonds is 8. The highest BCUT2D eigenvalue weighted by Gasteiger charge is 2.48. The fourth-order valence-electron chi connectivity index (χ4n) is 5.25. The maximum atomic E-state index is 13.2. The van der Waals surface area contributed by atoms with Crippen LogP contribution in [0.2, 0.25) is 0 Å². The molecule has 9 atom stereocenters. The lowest BCUT2D eigenvalue weighted by atomic mass is 9.86. The van der Waals surface area contributed by atoms with Gasteiger partial charge in [-0.05, 0) is 74.3 Å². The minimum atomic E-state index is -1.38. The Hall–Kier alpha value is -0.870. The molecule has 1 aromatic rings. The zero-order valence-corrected chi connectivity index (χ0v) is 24.3. The molecule has 2 heterocycles. The third-order valence-electron chi connectivity index (χ3n) is 7.78. The average Bonchev–Trinajstić information content (AvgIpc) is 3.10. The van der Waals surface area contributed by atoms with Gasteiger partial charge in [0.2, 0.25) is 5.91 Å². The second-order valence-electron chi connectivity index (χ2n) is 11.6. The van der Waals surface area contributed by atoms with Crippen LogP contribution in [0.1, 0.15) is 64.5 Å². The van der Waals surface area contributed by atoms with Crippen LogP contribution in [0, 0.1) is 5.92 Å². The van der Waals surface area contributed by atoms with E-state index in [9.17, 15) is 20.1 Å². The second kappa shape index (κ2) is 13.5. The number of halogens is 1. The number of amides is 1. The smallest absolute Gasteiger partial charge is 0.237 e. The van der Waals surface area contributed by atoms with E-state index in [-0.39, 0.29) is 17.4 Å². The van der Waals surface area contributed by atoms with Gasteiger partial charge in [0.05, 0.1) is 17.5 Å². The molecule has 37 heavy (non-hydrogen) atoms. The van der Waals surface area contributed by atoms with E-state index in [1.807, 2.05) is 0 Å². The van der Waals surface area contributed by atoms with Crippen molar-refractivity contribution >= 4 is 29.3 Å². The van der Waals surface area contributed by atoms with Crippen LogP contribution in [0.25, 0.3) is 0 Å². The van der Waals surface area contributed by atoms with Gasteiger partial charge in [-0.25, -0.2) is 0 Å². The highest BCUT2D eigenvalue weighted by atomic mass is 35.5. The first-order chi connectivity index (χ1) is 17.4. The Kier molecular flexibility index (Phi) is 11.2. The summed E-state index contributed by atoms with van der Waals surface area (Å²) >= 11 is 7.65. The molecular weight excluding hydrogens is 512 g/mol. The Labute approximate surface area is 231 Å². The monoisotopic (exact) mass is 556 g/mol. The standard InChI is InChI=1S/C28H45ClN2O5S/c1-16(29)21(25-23(33)22(32)24(34)27(36-25)37-5)31-26(35)20-13-10-18(14-15-30-20)7-6-17-8-11-19(12-9-17)28(2,3)4/h8-9,11-12,16,18,20-25,27,30,32-34H,6-7,10,13-15H2,1-5H3,(H,31,35)/t16-,18-,20?,21+,22?,23-,24+,25+,27?/m0/s1. The molecule has 0 radical (unpaired) electrons. The number of hydrogen-bond donors (Lipinski definition) is 5. The van der Waals surface area contributed by atoms with Crippen LogP contribution in [0.3, 0.4) is 0 Å². The van der Waals surface area contributed by atoms with Crippen molar-refractivity contribution in [2.75, 3.05) is 12.8 Å². The number of aryl methyl sites for hydroxylation is 1. The Bertz CT molecular complexity index is 863. The van der Waals surface area contributed by atoms with Gasteiger partial charge in [-0.2, -0.15) is 0 Å². The van der Waals surface area contributed by atoms with Crippen LogP contribution in [0.5, 0.6) is 0 Å². The summed E-state index contributed by atoms with van der Waals surface area (Å²) in [5.74, 6) is 0.353. The van der Waals surface area contributed by atoms with Crippen LogP contribution >= 0.6 is 23.4 Å². The van der Waals surface area contributed by atoms with E-state index < -0.39 is 41.3 Å². The van der Waals surface area contributed by atoms with Crippen LogP contribution < -0.4 is 10.6 Å². The van der Waals surface area contributed by atoms with Crippen molar-refractivity contribution in [1.29, 1.82) is 0 Å². The molecule has 210 valence electrons. The molecule has 2 fully saturated rings. The van der Waals surface area contributed by atoms with Gasteiger partial charge in [-0.1, -0.05) is 45.0 Å². The van der Waals surface area contributed by atoms with E-state index in [2.05, 4.69) is 55.7 Å². The SMILES string of the molecule is CSC1O[C@H]([C@H](NC(=O)C2CC[C@H](CCc3ccc(C(C)(C)C)cc3)CCN2)[C@H](C)Cl)[C@@H](O)C(O)[C@H]1O. The second-order valence-corrected chi connectivity index (χ2v) is 13.2. The Morgan fingerprint density at radius 2 is 1.81 bits per heavy atom. The number of carbonyl (C=O) groups excluding carboxylic acids is 1. The number of thioether (sulfide) groups is 1. The summed E-state index contributed by atoms with van der Waals surface area (Å²) in [4.78, 5) is 13.2. The predicted molar refractivity (Wildman–Crippen MR) is 150 cm³/mol. The van der Waals surface area contributed by atoms with Gasteiger partial charge in [-0.3, -0.25) is 4.79 Å². The van der Waals surface area contributed by atoms with Crippen molar-refractivity contribution in [1.82, 2.24) is 10.6 Å². The first-order valence-electron chi connectivity index (χ1n) is 13.4. The lowest BCUT2D eigenvalue weighted by Gasteiger charge is -2.44. The molecule has 0 spiro atoms. The molecule has 5 N–H and O–H groups in total. The molecule has 1 amide bonds. The van der Waals surface area contributed by atoms with E-state index in [1.54, 1.807) is 13.2 Å². The van der Waals surface area contributed by atoms with E-state index in [0.717, 1.165) is 32.2 Å². The van der Waals surface area contributed by atoms with Gasteiger partial charge in [0.25, 0.3) is 0 Å². The van der Waals surface area contributed by atoms with Crippen molar-refractivity contribution < 1.29 is 24.9 Å².